The molecule has 0 aliphatic carbocycles. The molecule has 0 aromatic carbocycles. The molecule has 1 heterocycles. The monoisotopic (exact) mass is 254 g/mol. The van der Waals surface area contributed by atoms with Crippen LogP contribution in [0.25, 0.3) is 0 Å². The van der Waals surface area contributed by atoms with Gasteiger partial charge in [0.15, 0.2) is 0 Å². The second kappa shape index (κ2) is 7.18. The zero-order chi connectivity index (χ0) is 13.5. The van der Waals surface area contributed by atoms with Crippen molar-refractivity contribution < 1.29 is 14.3 Å². The van der Waals surface area contributed by atoms with Gasteiger partial charge in [0.1, 0.15) is 5.76 Å². The van der Waals surface area contributed by atoms with Crippen molar-refractivity contribution in [1.29, 1.82) is 0 Å². The smallest absolute Gasteiger partial charge is 0.237 e. The summed E-state index contributed by atoms with van der Waals surface area (Å²) in [5, 5.41) is 15.1. The van der Waals surface area contributed by atoms with Crippen molar-refractivity contribution in [2.75, 3.05) is 6.61 Å². The molecule has 3 N–H and O–H groups in total. The normalized spacial score (nSPS) is 14.5. The van der Waals surface area contributed by atoms with Crippen LogP contribution in [0.5, 0.6) is 0 Å². The summed E-state index contributed by atoms with van der Waals surface area (Å²) in [6.07, 6.45) is 1.57. The van der Waals surface area contributed by atoms with Crippen molar-refractivity contribution in [1.82, 2.24) is 10.6 Å². The largest absolute Gasteiger partial charge is 0.467 e. The molecule has 0 fully saturated rings. The van der Waals surface area contributed by atoms with Crippen molar-refractivity contribution in [3.8, 4) is 0 Å². The van der Waals surface area contributed by atoms with E-state index in [4.69, 9.17) is 4.42 Å². The Bertz CT molecular complexity index is 349. The van der Waals surface area contributed by atoms with Gasteiger partial charge in [-0.15, -0.1) is 0 Å². The minimum absolute atomic E-state index is 0.0213. The first-order chi connectivity index (χ1) is 8.54. The summed E-state index contributed by atoms with van der Waals surface area (Å²) >= 11 is 0. The molecule has 1 aromatic rings. The maximum Gasteiger partial charge on any atom is 0.237 e. The van der Waals surface area contributed by atoms with Crippen LogP contribution >= 0.6 is 0 Å². The van der Waals surface area contributed by atoms with Gasteiger partial charge in [-0.1, -0.05) is 13.8 Å². The molecule has 1 rings (SSSR count). The molecule has 1 amide bonds. The Hall–Kier alpha value is -1.33. The van der Waals surface area contributed by atoms with E-state index >= 15 is 0 Å². The number of hydrogen-bond acceptors (Lipinski definition) is 4. The fourth-order valence-electron chi connectivity index (χ4n) is 1.59. The maximum atomic E-state index is 11.8. The highest BCUT2D eigenvalue weighted by Crippen LogP contribution is 2.03. The topological polar surface area (TPSA) is 74.5 Å². The fourth-order valence-corrected chi connectivity index (χ4v) is 1.59. The van der Waals surface area contributed by atoms with Crippen LogP contribution in [0.15, 0.2) is 22.8 Å². The third-order valence-corrected chi connectivity index (χ3v) is 2.88. The van der Waals surface area contributed by atoms with Gasteiger partial charge in [0.05, 0.1) is 25.5 Å². The van der Waals surface area contributed by atoms with Crippen LogP contribution in [0.3, 0.4) is 0 Å². The molecule has 0 spiro atoms. The first kappa shape index (κ1) is 14.7. The second-order valence-corrected chi connectivity index (χ2v) is 4.72. The molecule has 0 bridgehead atoms. The Morgan fingerprint density at radius 3 is 2.67 bits per heavy atom. The van der Waals surface area contributed by atoms with Gasteiger partial charge in [0, 0.05) is 6.04 Å². The van der Waals surface area contributed by atoms with Gasteiger partial charge in [-0.3, -0.25) is 4.79 Å². The van der Waals surface area contributed by atoms with Crippen LogP contribution in [-0.4, -0.2) is 29.7 Å². The molecule has 18 heavy (non-hydrogen) atoms. The molecule has 0 saturated carbocycles. The van der Waals surface area contributed by atoms with E-state index in [1.165, 1.54) is 0 Å². The van der Waals surface area contributed by atoms with Gasteiger partial charge < -0.3 is 20.2 Å². The van der Waals surface area contributed by atoms with Gasteiger partial charge in [0.25, 0.3) is 0 Å². The van der Waals surface area contributed by atoms with Gasteiger partial charge in [-0.05, 0) is 25.0 Å². The highest BCUT2D eigenvalue weighted by atomic mass is 16.3. The summed E-state index contributed by atoms with van der Waals surface area (Å²) < 4.78 is 5.13. The predicted octanol–water partition coefficient (Wildman–Crippen LogP) is 0.891. The zero-order valence-electron chi connectivity index (χ0n) is 11.1. The Labute approximate surface area is 108 Å². The second-order valence-electron chi connectivity index (χ2n) is 4.72. The number of hydrogen-bond donors (Lipinski definition) is 3. The molecule has 0 saturated heterocycles. The third-order valence-electron chi connectivity index (χ3n) is 2.88. The minimum Gasteiger partial charge on any atom is -0.467 e. The standard InChI is InChI=1S/C13H22N2O3/c1-9(2)12(8-16)15-10(3)13(17)14-7-11-5-4-6-18-11/h4-6,9-10,12,15-16H,7-8H2,1-3H3,(H,14,17). The highest BCUT2D eigenvalue weighted by Gasteiger charge is 2.19. The molecule has 102 valence electrons. The number of aliphatic hydroxyl groups excluding tert-OH is 1. The quantitative estimate of drug-likeness (QED) is 0.675. The lowest BCUT2D eigenvalue weighted by molar-refractivity contribution is -0.123. The van der Waals surface area contributed by atoms with Crippen LogP contribution in [0.1, 0.15) is 26.5 Å². The highest BCUT2D eigenvalue weighted by molar-refractivity contribution is 5.81. The van der Waals surface area contributed by atoms with Gasteiger partial charge >= 0.3 is 0 Å². The van der Waals surface area contributed by atoms with Crippen molar-refractivity contribution >= 4 is 5.91 Å². The summed E-state index contributed by atoms with van der Waals surface area (Å²) in [7, 11) is 0. The molecule has 0 aliphatic rings. The Morgan fingerprint density at radius 2 is 2.17 bits per heavy atom. The molecular weight excluding hydrogens is 232 g/mol. The van der Waals surface area contributed by atoms with Gasteiger partial charge in [0.2, 0.25) is 5.91 Å². The molecule has 1 aromatic heterocycles. The molecule has 5 nitrogen and oxygen atoms in total. The van der Waals surface area contributed by atoms with Crippen LogP contribution in [0.2, 0.25) is 0 Å². The lowest BCUT2D eigenvalue weighted by Gasteiger charge is -2.24. The average Bonchev–Trinajstić information content (AvgIpc) is 2.85. The van der Waals surface area contributed by atoms with Crippen LogP contribution in [0.4, 0.5) is 0 Å². The number of aliphatic hydroxyl groups is 1. The van der Waals surface area contributed by atoms with Gasteiger partial charge in [-0.2, -0.15) is 0 Å². The number of nitrogens with one attached hydrogen (secondary N) is 2. The third kappa shape index (κ3) is 4.50. The number of rotatable bonds is 7. The Morgan fingerprint density at radius 1 is 1.44 bits per heavy atom. The summed E-state index contributed by atoms with van der Waals surface area (Å²) in [6, 6.07) is 3.17. The van der Waals surface area contributed by atoms with Crippen molar-refractivity contribution in [3.63, 3.8) is 0 Å². The lowest BCUT2D eigenvalue weighted by atomic mass is 10.0. The number of carbonyl (C=O) groups is 1. The summed E-state index contributed by atoms with van der Waals surface area (Å²) in [4.78, 5) is 11.8. The molecule has 2 unspecified atom stereocenters. The summed E-state index contributed by atoms with van der Waals surface area (Å²) in [6.45, 7) is 6.18. The number of amides is 1. The minimum atomic E-state index is -0.348. The van der Waals surface area contributed by atoms with E-state index in [1.54, 1.807) is 19.3 Å². The van der Waals surface area contributed by atoms with Crippen molar-refractivity contribution in [2.24, 2.45) is 5.92 Å². The zero-order valence-corrected chi connectivity index (χ0v) is 11.1. The SMILES string of the molecule is CC(NC(CO)C(C)C)C(=O)NCc1ccco1. The maximum absolute atomic E-state index is 11.8. The van der Waals surface area contributed by atoms with Crippen molar-refractivity contribution in [3.05, 3.63) is 24.2 Å². The summed E-state index contributed by atoms with van der Waals surface area (Å²) in [5.74, 6) is 0.888. The van der Waals surface area contributed by atoms with E-state index in [0.29, 0.717) is 6.54 Å². The van der Waals surface area contributed by atoms with E-state index in [2.05, 4.69) is 10.6 Å². The van der Waals surface area contributed by atoms with E-state index in [9.17, 15) is 9.90 Å². The van der Waals surface area contributed by atoms with Crippen LogP contribution in [0, 0.1) is 5.92 Å². The number of furan rings is 1. The van der Waals surface area contributed by atoms with Crippen LogP contribution < -0.4 is 10.6 Å². The van der Waals surface area contributed by atoms with Crippen molar-refractivity contribution in [2.45, 2.75) is 39.4 Å². The van der Waals surface area contributed by atoms with E-state index in [-0.39, 0.29) is 30.5 Å². The Kier molecular flexibility index (Phi) is 5.88. The average molecular weight is 254 g/mol. The lowest BCUT2D eigenvalue weighted by Crippen LogP contribution is -2.49. The van der Waals surface area contributed by atoms with Crippen LogP contribution in [-0.2, 0) is 11.3 Å². The molecule has 0 radical (unpaired) electrons. The first-order valence-corrected chi connectivity index (χ1v) is 6.21. The molecular formula is C13H22N2O3. The van der Waals surface area contributed by atoms with E-state index in [1.807, 2.05) is 19.9 Å². The van der Waals surface area contributed by atoms with E-state index < -0.39 is 0 Å². The molecule has 2 atom stereocenters. The first-order valence-electron chi connectivity index (χ1n) is 6.21. The molecule has 0 aliphatic heterocycles. The van der Waals surface area contributed by atoms with Gasteiger partial charge in [-0.25, -0.2) is 0 Å². The molecule has 5 heteroatoms. The Balaban J connectivity index is 2.36. The summed E-state index contributed by atoms with van der Waals surface area (Å²) in [5.41, 5.74) is 0. The predicted molar refractivity (Wildman–Crippen MR) is 68.9 cm³/mol. The van der Waals surface area contributed by atoms with E-state index in [0.717, 1.165) is 5.76 Å². The number of carbonyl (C=O) groups excluding carboxylic acids is 1. The fraction of sp³-hybridized carbons (Fsp3) is 0.615.